The summed E-state index contributed by atoms with van der Waals surface area (Å²) in [6.07, 6.45) is 0.902. The quantitative estimate of drug-likeness (QED) is 0.678. The van der Waals surface area contributed by atoms with E-state index in [4.69, 9.17) is 5.73 Å². The van der Waals surface area contributed by atoms with Gasteiger partial charge >= 0.3 is 0 Å². The van der Waals surface area contributed by atoms with Gasteiger partial charge in [-0.25, -0.2) is 0 Å². The van der Waals surface area contributed by atoms with Gasteiger partial charge in [0, 0.05) is 38.6 Å². The number of amides is 1. The normalized spacial score (nSPS) is 22.3. The zero-order valence-electron chi connectivity index (χ0n) is 9.83. The van der Waals surface area contributed by atoms with Gasteiger partial charge in [-0.05, 0) is 12.3 Å². The average molecular weight is 213 g/mol. The lowest BCUT2D eigenvalue weighted by Crippen LogP contribution is -2.45. The fourth-order valence-corrected chi connectivity index (χ4v) is 2.13. The summed E-state index contributed by atoms with van der Waals surface area (Å²) in [7, 11) is 0. The first-order valence-electron chi connectivity index (χ1n) is 5.82. The molecule has 0 radical (unpaired) electrons. The average Bonchev–Trinajstić information content (AvgIpc) is 2.18. The van der Waals surface area contributed by atoms with Gasteiger partial charge in [-0.2, -0.15) is 0 Å². The maximum absolute atomic E-state index is 10.9. The van der Waals surface area contributed by atoms with Gasteiger partial charge in [0.1, 0.15) is 0 Å². The molecule has 1 heterocycles. The second-order valence-corrected chi connectivity index (χ2v) is 4.69. The van der Waals surface area contributed by atoms with Gasteiger partial charge in [-0.3, -0.25) is 4.79 Å². The van der Waals surface area contributed by atoms with E-state index in [0.29, 0.717) is 5.92 Å². The van der Waals surface area contributed by atoms with Gasteiger partial charge in [0.15, 0.2) is 0 Å². The summed E-state index contributed by atoms with van der Waals surface area (Å²) in [4.78, 5) is 13.4. The summed E-state index contributed by atoms with van der Waals surface area (Å²) < 4.78 is 0. The Morgan fingerprint density at radius 3 is 2.53 bits per heavy atom. The van der Waals surface area contributed by atoms with Gasteiger partial charge in [0.05, 0.1) is 0 Å². The van der Waals surface area contributed by atoms with Gasteiger partial charge in [0.25, 0.3) is 0 Å². The van der Waals surface area contributed by atoms with Crippen molar-refractivity contribution in [3.63, 3.8) is 0 Å². The van der Waals surface area contributed by atoms with Crippen LogP contribution in [-0.2, 0) is 4.79 Å². The van der Waals surface area contributed by atoms with E-state index in [1.54, 1.807) is 0 Å². The van der Waals surface area contributed by atoms with Crippen molar-refractivity contribution in [2.75, 3.05) is 32.7 Å². The first-order chi connectivity index (χ1) is 7.09. The summed E-state index contributed by atoms with van der Waals surface area (Å²) in [5.41, 5.74) is 5.25. The van der Waals surface area contributed by atoms with Crippen molar-refractivity contribution in [1.29, 1.82) is 0 Å². The summed E-state index contributed by atoms with van der Waals surface area (Å²) in [6, 6.07) is 0. The summed E-state index contributed by atoms with van der Waals surface area (Å²) in [5.74, 6) is 0.371. The number of carbonyl (C=O) groups is 1. The van der Waals surface area contributed by atoms with Gasteiger partial charge in [-0.15, -0.1) is 0 Å². The predicted molar refractivity (Wildman–Crippen MR) is 61.4 cm³/mol. The largest absolute Gasteiger partial charge is 0.369 e. The lowest BCUT2D eigenvalue weighted by molar-refractivity contribution is -0.121. The molecule has 1 aliphatic rings. The van der Waals surface area contributed by atoms with Crippen LogP contribution in [0.2, 0.25) is 0 Å². The van der Waals surface area contributed by atoms with Crippen molar-refractivity contribution in [2.45, 2.75) is 20.3 Å². The van der Waals surface area contributed by atoms with Crippen molar-refractivity contribution >= 4 is 5.91 Å². The number of nitrogens with zero attached hydrogens (tertiary/aromatic N) is 1. The van der Waals surface area contributed by atoms with E-state index in [1.165, 1.54) is 0 Å². The smallest absolute Gasteiger partial charge is 0.220 e. The highest BCUT2D eigenvalue weighted by atomic mass is 16.1. The maximum atomic E-state index is 10.9. The Hall–Kier alpha value is -0.610. The number of primary amides is 1. The second kappa shape index (κ2) is 6.08. The Labute approximate surface area is 92.2 Å². The Bertz CT molecular complexity index is 202. The second-order valence-electron chi connectivity index (χ2n) is 4.69. The molecule has 2 unspecified atom stereocenters. The SMILES string of the molecule is CC(CC(C)C(N)=O)CN1CCNCC1. The standard InChI is InChI=1S/C11H23N3O/c1-9(7-10(2)11(12)15)8-14-5-3-13-4-6-14/h9-10,13H,3-8H2,1-2H3,(H2,12,15). The molecule has 15 heavy (non-hydrogen) atoms. The van der Waals surface area contributed by atoms with Crippen LogP contribution in [0, 0.1) is 11.8 Å². The van der Waals surface area contributed by atoms with Crippen LogP contribution in [0.25, 0.3) is 0 Å². The third-order valence-corrected chi connectivity index (χ3v) is 3.02. The highest BCUT2D eigenvalue weighted by Gasteiger charge is 2.17. The zero-order chi connectivity index (χ0) is 11.3. The fraction of sp³-hybridized carbons (Fsp3) is 0.909. The third kappa shape index (κ3) is 4.62. The minimum Gasteiger partial charge on any atom is -0.369 e. The fourth-order valence-electron chi connectivity index (χ4n) is 2.13. The molecule has 0 aromatic rings. The van der Waals surface area contributed by atoms with Crippen LogP contribution >= 0.6 is 0 Å². The van der Waals surface area contributed by atoms with Crippen molar-refractivity contribution in [3.05, 3.63) is 0 Å². The van der Waals surface area contributed by atoms with Crippen LogP contribution in [0.3, 0.4) is 0 Å². The minimum atomic E-state index is -0.179. The highest BCUT2D eigenvalue weighted by Crippen LogP contribution is 2.13. The molecule has 1 amide bonds. The van der Waals surface area contributed by atoms with Crippen LogP contribution in [0.1, 0.15) is 20.3 Å². The highest BCUT2D eigenvalue weighted by molar-refractivity contribution is 5.76. The van der Waals surface area contributed by atoms with Crippen LogP contribution in [0.15, 0.2) is 0 Å². The van der Waals surface area contributed by atoms with Crippen molar-refractivity contribution in [2.24, 2.45) is 17.6 Å². The monoisotopic (exact) mass is 213 g/mol. The number of rotatable bonds is 5. The third-order valence-electron chi connectivity index (χ3n) is 3.02. The predicted octanol–water partition coefficient (Wildman–Crippen LogP) is 0.0392. The summed E-state index contributed by atoms with van der Waals surface area (Å²) in [5, 5.41) is 3.33. The van der Waals surface area contributed by atoms with Gasteiger partial charge < -0.3 is 16.0 Å². The zero-order valence-corrected chi connectivity index (χ0v) is 9.83. The molecule has 1 aliphatic heterocycles. The van der Waals surface area contributed by atoms with Crippen molar-refractivity contribution in [3.8, 4) is 0 Å². The van der Waals surface area contributed by atoms with Crippen LogP contribution in [0.4, 0.5) is 0 Å². The van der Waals surface area contributed by atoms with Crippen molar-refractivity contribution < 1.29 is 4.79 Å². The summed E-state index contributed by atoms with van der Waals surface area (Å²) >= 11 is 0. The van der Waals surface area contributed by atoms with Gasteiger partial charge in [-0.1, -0.05) is 13.8 Å². The maximum Gasteiger partial charge on any atom is 0.220 e. The molecule has 1 fully saturated rings. The molecular weight excluding hydrogens is 190 g/mol. The topological polar surface area (TPSA) is 58.4 Å². The number of hydrogen-bond donors (Lipinski definition) is 2. The minimum absolute atomic E-state index is 0.00270. The molecule has 0 aromatic carbocycles. The molecule has 4 heteroatoms. The molecule has 2 atom stereocenters. The van der Waals surface area contributed by atoms with E-state index in [1.807, 2.05) is 6.92 Å². The molecular formula is C11H23N3O. The first kappa shape index (κ1) is 12.5. The van der Waals surface area contributed by atoms with Crippen molar-refractivity contribution in [1.82, 2.24) is 10.2 Å². The molecule has 3 N–H and O–H groups in total. The molecule has 0 saturated carbocycles. The van der Waals surface area contributed by atoms with E-state index in [2.05, 4.69) is 17.1 Å². The van der Waals surface area contributed by atoms with E-state index < -0.39 is 0 Å². The molecule has 0 spiro atoms. The number of piperazine rings is 1. The molecule has 0 aromatic heterocycles. The number of nitrogens with one attached hydrogen (secondary N) is 1. The molecule has 1 rings (SSSR count). The van der Waals surface area contributed by atoms with Crippen LogP contribution in [-0.4, -0.2) is 43.5 Å². The molecule has 88 valence electrons. The van der Waals surface area contributed by atoms with E-state index in [-0.39, 0.29) is 11.8 Å². The number of nitrogens with two attached hydrogens (primary N) is 1. The molecule has 1 saturated heterocycles. The Morgan fingerprint density at radius 2 is 2.00 bits per heavy atom. The Balaban J connectivity index is 2.22. The molecule has 0 aliphatic carbocycles. The number of hydrogen-bond acceptors (Lipinski definition) is 3. The molecule has 0 bridgehead atoms. The van der Waals surface area contributed by atoms with Gasteiger partial charge in [0.2, 0.25) is 5.91 Å². The lowest BCUT2D eigenvalue weighted by atomic mass is 9.96. The van der Waals surface area contributed by atoms with E-state index in [9.17, 15) is 4.79 Å². The summed E-state index contributed by atoms with van der Waals surface area (Å²) in [6.45, 7) is 9.60. The Kier molecular flexibility index (Phi) is 5.05. The van der Waals surface area contributed by atoms with Crippen LogP contribution in [0.5, 0.6) is 0 Å². The number of carbonyl (C=O) groups excluding carboxylic acids is 1. The first-order valence-corrected chi connectivity index (χ1v) is 5.82. The van der Waals surface area contributed by atoms with Crippen LogP contribution < -0.4 is 11.1 Å². The van der Waals surface area contributed by atoms with E-state index in [0.717, 1.165) is 39.1 Å². The van der Waals surface area contributed by atoms with E-state index >= 15 is 0 Å². The lowest BCUT2D eigenvalue weighted by Gasteiger charge is -2.30. The molecule has 4 nitrogen and oxygen atoms in total. The Morgan fingerprint density at radius 1 is 1.40 bits per heavy atom.